The highest BCUT2D eigenvalue weighted by atomic mass is 19.3. The predicted octanol–water partition coefficient (Wildman–Crippen LogP) is 3.89. The van der Waals surface area contributed by atoms with Gasteiger partial charge >= 0.3 is 6.61 Å². The molecule has 0 N–H and O–H groups in total. The van der Waals surface area contributed by atoms with Crippen molar-refractivity contribution in [3.8, 4) is 17.2 Å². The molecule has 158 valence electrons. The molecular weight excluding hydrogens is 396 g/mol. The largest absolute Gasteiger partial charge is 0.493 e. The van der Waals surface area contributed by atoms with Crippen LogP contribution in [0.2, 0.25) is 0 Å². The first kappa shape index (κ1) is 21.2. The molecule has 0 spiro atoms. The summed E-state index contributed by atoms with van der Waals surface area (Å²) in [6.45, 7) is -0.456. The van der Waals surface area contributed by atoms with Gasteiger partial charge in [0.1, 0.15) is 0 Å². The lowest BCUT2D eigenvalue weighted by atomic mass is 10.1. The van der Waals surface area contributed by atoms with Crippen molar-refractivity contribution in [2.24, 2.45) is 10.2 Å². The van der Waals surface area contributed by atoms with Gasteiger partial charge in [0.25, 0.3) is 5.91 Å². The minimum atomic E-state index is -3.03. The summed E-state index contributed by atoms with van der Waals surface area (Å²) in [6.07, 6.45) is 2.19. The van der Waals surface area contributed by atoms with Crippen LogP contribution in [0.4, 0.5) is 14.5 Å². The Labute approximate surface area is 172 Å². The van der Waals surface area contributed by atoms with E-state index < -0.39 is 6.61 Å². The van der Waals surface area contributed by atoms with Crippen molar-refractivity contribution in [3.63, 3.8) is 0 Å². The van der Waals surface area contributed by atoms with Crippen molar-refractivity contribution in [3.05, 3.63) is 47.5 Å². The van der Waals surface area contributed by atoms with E-state index in [1.807, 2.05) is 31.2 Å². The highest BCUT2D eigenvalue weighted by Crippen LogP contribution is 2.39. The summed E-state index contributed by atoms with van der Waals surface area (Å²) < 4.78 is 40.0. The van der Waals surface area contributed by atoms with E-state index in [-0.39, 0.29) is 28.9 Å². The molecule has 0 radical (unpaired) electrons. The van der Waals surface area contributed by atoms with Gasteiger partial charge in [0.2, 0.25) is 5.75 Å². The van der Waals surface area contributed by atoms with E-state index in [9.17, 15) is 13.6 Å². The van der Waals surface area contributed by atoms with Gasteiger partial charge in [-0.3, -0.25) is 4.79 Å². The third kappa shape index (κ3) is 4.24. The smallest absolute Gasteiger partial charge is 0.387 e. The minimum absolute atomic E-state index is 0.0557. The van der Waals surface area contributed by atoms with Crippen LogP contribution >= 0.6 is 0 Å². The van der Waals surface area contributed by atoms with Gasteiger partial charge in [-0.1, -0.05) is 25.1 Å². The summed E-state index contributed by atoms with van der Waals surface area (Å²) in [6, 6.07) is 10.3. The molecule has 0 bridgehead atoms. The third-order valence-corrected chi connectivity index (χ3v) is 4.40. The number of carbonyl (C=O) groups excluding carboxylic acids is 1. The number of fused-ring (bicyclic) bond motifs is 1. The Morgan fingerprint density at radius 3 is 2.40 bits per heavy atom. The molecule has 1 amide bonds. The van der Waals surface area contributed by atoms with E-state index in [1.54, 1.807) is 4.90 Å². The maximum absolute atomic E-state index is 12.7. The lowest BCUT2D eigenvalue weighted by Gasteiger charge is -2.14. The zero-order valence-corrected chi connectivity index (χ0v) is 16.8. The number of para-hydroxylation sites is 1. The van der Waals surface area contributed by atoms with Crippen LogP contribution in [0.25, 0.3) is 0 Å². The van der Waals surface area contributed by atoms with Crippen molar-refractivity contribution in [2.45, 2.75) is 20.0 Å². The molecule has 2 aromatic rings. The monoisotopic (exact) mass is 417 g/mol. The quantitative estimate of drug-likeness (QED) is 0.483. The number of hydrogen-bond donors (Lipinski definition) is 0. The summed E-state index contributed by atoms with van der Waals surface area (Å²) >= 11 is 0. The number of hydrogen-bond acceptors (Lipinski definition) is 6. The van der Waals surface area contributed by atoms with Crippen LogP contribution in [0, 0.1) is 0 Å². The average Bonchev–Trinajstić information content (AvgIpc) is 3.00. The molecule has 0 aliphatic carbocycles. The second-order valence-electron chi connectivity index (χ2n) is 6.30. The number of alkyl halides is 2. The maximum atomic E-state index is 12.7. The Bertz CT molecular complexity index is 967. The first-order valence-electron chi connectivity index (χ1n) is 9.23. The zero-order chi connectivity index (χ0) is 21.7. The SMILES string of the molecule is CCCN1C(=O)/C(=N/N=C\c2cc(OC)c(OC(F)F)c(OC)c2)c2ccccc21. The Balaban J connectivity index is 1.93. The summed E-state index contributed by atoms with van der Waals surface area (Å²) in [7, 11) is 2.65. The zero-order valence-electron chi connectivity index (χ0n) is 16.8. The molecule has 0 saturated heterocycles. The van der Waals surface area contributed by atoms with Gasteiger partial charge in [-0.05, 0) is 24.6 Å². The first-order chi connectivity index (χ1) is 14.5. The normalized spacial score (nSPS) is 14.7. The van der Waals surface area contributed by atoms with Crippen molar-refractivity contribution in [1.82, 2.24) is 0 Å². The first-order valence-corrected chi connectivity index (χ1v) is 9.23. The number of anilines is 1. The Morgan fingerprint density at radius 2 is 1.80 bits per heavy atom. The van der Waals surface area contributed by atoms with Gasteiger partial charge in [0, 0.05) is 17.7 Å². The van der Waals surface area contributed by atoms with Crippen LogP contribution < -0.4 is 19.1 Å². The lowest BCUT2D eigenvalue weighted by Crippen LogP contribution is -2.30. The van der Waals surface area contributed by atoms with Gasteiger partial charge in [0.05, 0.1) is 26.1 Å². The van der Waals surface area contributed by atoms with Crippen LogP contribution in [0.5, 0.6) is 17.2 Å². The van der Waals surface area contributed by atoms with Crippen LogP contribution in [0.15, 0.2) is 46.6 Å². The van der Waals surface area contributed by atoms with Crippen molar-refractivity contribution >= 4 is 23.5 Å². The lowest BCUT2D eigenvalue weighted by molar-refractivity contribution is -0.112. The van der Waals surface area contributed by atoms with E-state index in [2.05, 4.69) is 14.9 Å². The number of rotatable bonds is 8. The van der Waals surface area contributed by atoms with E-state index in [4.69, 9.17) is 9.47 Å². The number of carbonyl (C=O) groups is 1. The molecule has 1 heterocycles. The fourth-order valence-electron chi connectivity index (χ4n) is 3.14. The summed E-state index contributed by atoms with van der Waals surface area (Å²) in [5.74, 6) is -0.320. The van der Waals surface area contributed by atoms with E-state index in [0.29, 0.717) is 17.7 Å². The highest BCUT2D eigenvalue weighted by molar-refractivity contribution is 6.54. The second-order valence-corrected chi connectivity index (χ2v) is 6.30. The second kappa shape index (κ2) is 9.34. The molecule has 0 unspecified atom stereocenters. The number of halogens is 2. The average molecular weight is 417 g/mol. The summed E-state index contributed by atoms with van der Waals surface area (Å²) in [5.41, 5.74) is 2.23. The van der Waals surface area contributed by atoms with Crippen LogP contribution in [0.3, 0.4) is 0 Å². The minimum Gasteiger partial charge on any atom is -0.493 e. The summed E-state index contributed by atoms with van der Waals surface area (Å²) in [5, 5.41) is 8.14. The standard InChI is InChI=1S/C21H21F2N3O4/c1-4-9-26-15-8-6-5-7-14(15)18(20(26)27)25-24-12-13-10-16(28-2)19(30-21(22)23)17(11-13)29-3/h5-8,10-12,21H,4,9H2,1-3H3/b24-12-,25-18+. The van der Waals surface area contributed by atoms with Crippen molar-refractivity contribution < 1.29 is 27.8 Å². The molecule has 0 atom stereocenters. The molecule has 7 nitrogen and oxygen atoms in total. The topological polar surface area (TPSA) is 72.7 Å². The predicted molar refractivity (Wildman–Crippen MR) is 109 cm³/mol. The third-order valence-electron chi connectivity index (χ3n) is 4.40. The molecule has 2 aromatic carbocycles. The van der Waals surface area contributed by atoms with Crippen LogP contribution in [0.1, 0.15) is 24.5 Å². The van der Waals surface area contributed by atoms with Crippen LogP contribution in [-0.4, -0.2) is 45.2 Å². The molecule has 9 heteroatoms. The number of ether oxygens (including phenoxy) is 3. The van der Waals surface area contributed by atoms with Gasteiger partial charge in [-0.15, -0.1) is 5.10 Å². The summed E-state index contributed by atoms with van der Waals surface area (Å²) in [4.78, 5) is 14.4. The number of amides is 1. The van der Waals surface area contributed by atoms with E-state index in [1.165, 1.54) is 32.6 Å². The molecule has 30 heavy (non-hydrogen) atoms. The van der Waals surface area contributed by atoms with Gasteiger partial charge in [-0.25, -0.2) is 0 Å². The van der Waals surface area contributed by atoms with Crippen LogP contribution in [-0.2, 0) is 4.79 Å². The van der Waals surface area contributed by atoms with Crippen molar-refractivity contribution in [1.29, 1.82) is 0 Å². The van der Waals surface area contributed by atoms with E-state index >= 15 is 0 Å². The van der Waals surface area contributed by atoms with Crippen molar-refractivity contribution in [2.75, 3.05) is 25.7 Å². The number of benzene rings is 2. The molecule has 1 aliphatic heterocycles. The Hall–Kier alpha value is -3.49. The maximum Gasteiger partial charge on any atom is 0.387 e. The molecule has 1 aliphatic rings. The highest BCUT2D eigenvalue weighted by Gasteiger charge is 2.33. The molecule has 0 saturated carbocycles. The molecular formula is C21H21F2N3O4. The van der Waals surface area contributed by atoms with Gasteiger partial charge in [-0.2, -0.15) is 13.9 Å². The Morgan fingerprint density at radius 1 is 1.13 bits per heavy atom. The molecule has 3 rings (SSSR count). The van der Waals surface area contributed by atoms with Gasteiger partial charge in [0.15, 0.2) is 17.2 Å². The number of methoxy groups -OCH3 is 2. The fraction of sp³-hybridized carbons (Fsp3) is 0.286. The molecule has 0 aromatic heterocycles. The van der Waals surface area contributed by atoms with E-state index in [0.717, 1.165) is 12.1 Å². The molecule has 0 fully saturated rings. The number of nitrogens with zero attached hydrogens (tertiary/aromatic N) is 3. The fourth-order valence-corrected chi connectivity index (χ4v) is 3.14. The Kier molecular flexibility index (Phi) is 6.61. The van der Waals surface area contributed by atoms with Gasteiger partial charge < -0.3 is 19.1 Å².